The van der Waals surface area contributed by atoms with Crippen molar-refractivity contribution in [1.29, 1.82) is 0 Å². The molecule has 0 radical (unpaired) electrons. The number of imidazole rings is 1. The van der Waals surface area contributed by atoms with Gasteiger partial charge in [0.25, 0.3) is 0 Å². The predicted octanol–water partition coefficient (Wildman–Crippen LogP) is 4.11. The molecule has 1 unspecified atom stereocenters. The highest BCUT2D eigenvalue weighted by molar-refractivity contribution is 5.81. The Bertz CT molecular complexity index is 1270. The van der Waals surface area contributed by atoms with Gasteiger partial charge in [0.2, 0.25) is 5.91 Å². The number of halogens is 3. The van der Waals surface area contributed by atoms with Gasteiger partial charge in [0.15, 0.2) is 5.65 Å². The summed E-state index contributed by atoms with van der Waals surface area (Å²) in [6.07, 6.45) is 9.80. The van der Waals surface area contributed by atoms with Crippen molar-refractivity contribution >= 4 is 23.1 Å². The Morgan fingerprint density at radius 3 is 2.71 bits per heavy atom. The molecule has 1 aliphatic carbocycles. The van der Waals surface area contributed by atoms with Crippen LogP contribution in [-0.2, 0) is 11.0 Å². The SMILES string of the molecule is O=C(CNc1c(C2C=CC=CC2)nc2cnccn12)N1CCN(c2cccc(C(F)(F)F)c2)CC1. The molecule has 10 heteroatoms. The summed E-state index contributed by atoms with van der Waals surface area (Å²) >= 11 is 0. The van der Waals surface area contributed by atoms with E-state index in [1.165, 1.54) is 6.07 Å². The van der Waals surface area contributed by atoms with E-state index in [1.54, 1.807) is 23.4 Å². The fourth-order valence-electron chi connectivity index (χ4n) is 4.51. The van der Waals surface area contributed by atoms with Gasteiger partial charge >= 0.3 is 6.18 Å². The summed E-state index contributed by atoms with van der Waals surface area (Å²) in [5, 5.41) is 3.28. The molecule has 0 saturated carbocycles. The minimum absolute atomic E-state index is 0.0669. The van der Waals surface area contributed by atoms with Crippen LogP contribution < -0.4 is 10.2 Å². The van der Waals surface area contributed by atoms with Crippen LogP contribution in [-0.4, -0.2) is 57.9 Å². The van der Waals surface area contributed by atoms with Crippen LogP contribution in [0.5, 0.6) is 0 Å². The molecular formula is C25H25F3N6O. The van der Waals surface area contributed by atoms with E-state index in [9.17, 15) is 18.0 Å². The summed E-state index contributed by atoms with van der Waals surface area (Å²) in [5.41, 5.74) is 1.42. The first-order valence-electron chi connectivity index (χ1n) is 11.5. The Balaban J connectivity index is 1.24. The maximum atomic E-state index is 13.1. The number of nitrogens with one attached hydrogen (secondary N) is 1. The Hall–Kier alpha value is -3.82. The average molecular weight is 483 g/mol. The molecule has 3 aromatic rings. The first-order valence-corrected chi connectivity index (χ1v) is 11.5. The lowest BCUT2D eigenvalue weighted by atomic mass is 9.97. The summed E-state index contributed by atoms with van der Waals surface area (Å²) in [6, 6.07) is 5.32. The van der Waals surface area contributed by atoms with Gasteiger partial charge in [-0.25, -0.2) is 4.98 Å². The molecule has 0 bridgehead atoms. The minimum Gasteiger partial charge on any atom is -0.368 e. The van der Waals surface area contributed by atoms with Crippen molar-refractivity contribution in [2.45, 2.75) is 18.5 Å². The van der Waals surface area contributed by atoms with Gasteiger partial charge in [0, 0.05) is 50.2 Å². The van der Waals surface area contributed by atoms with Crippen LogP contribution in [0.15, 0.2) is 67.2 Å². The van der Waals surface area contributed by atoms with Crippen molar-refractivity contribution in [2.24, 2.45) is 0 Å². The van der Waals surface area contributed by atoms with Crippen molar-refractivity contribution < 1.29 is 18.0 Å². The number of aromatic nitrogens is 3. The van der Waals surface area contributed by atoms with E-state index in [2.05, 4.69) is 22.5 Å². The molecule has 2 aromatic heterocycles. The van der Waals surface area contributed by atoms with Gasteiger partial charge in [-0.3, -0.25) is 14.2 Å². The molecular weight excluding hydrogens is 457 g/mol. The highest BCUT2D eigenvalue weighted by Gasteiger charge is 2.31. The Kier molecular flexibility index (Phi) is 6.19. The lowest BCUT2D eigenvalue weighted by molar-refractivity contribution is -0.137. The van der Waals surface area contributed by atoms with E-state index in [0.717, 1.165) is 30.1 Å². The van der Waals surface area contributed by atoms with E-state index in [0.29, 0.717) is 37.5 Å². The molecule has 5 rings (SSSR count). The standard InChI is InChI=1S/C25H25F3N6O/c26-25(27,28)19-7-4-8-20(15-19)32-11-13-33(14-12-32)22(35)17-30-24-23(18-5-2-1-3-6-18)31-21-16-29-9-10-34(21)24/h1-5,7-10,15-16,18,30H,6,11-14,17H2. The number of anilines is 2. The third-order valence-corrected chi connectivity index (χ3v) is 6.37. The smallest absolute Gasteiger partial charge is 0.368 e. The maximum Gasteiger partial charge on any atom is 0.416 e. The zero-order valence-electron chi connectivity index (χ0n) is 18.9. The average Bonchev–Trinajstić information content (AvgIpc) is 3.26. The zero-order valence-corrected chi connectivity index (χ0v) is 18.9. The van der Waals surface area contributed by atoms with Gasteiger partial charge in [-0.1, -0.05) is 30.4 Å². The second kappa shape index (κ2) is 9.44. The number of fused-ring (bicyclic) bond motifs is 1. The molecule has 1 amide bonds. The molecule has 2 aliphatic rings. The number of amides is 1. The third kappa shape index (κ3) is 4.87. The molecule has 35 heavy (non-hydrogen) atoms. The molecule has 1 saturated heterocycles. The Labute approximate surface area is 200 Å². The van der Waals surface area contributed by atoms with Gasteiger partial charge in [-0.05, 0) is 24.6 Å². The maximum absolute atomic E-state index is 13.1. The third-order valence-electron chi connectivity index (χ3n) is 6.37. The van der Waals surface area contributed by atoms with Gasteiger partial charge in [0.1, 0.15) is 5.82 Å². The van der Waals surface area contributed by atoms with Gasteiger partial charge in [0.05, 0.1) is 24.0 Å². The molecule has 7 nitrogen and oxygen atoms in total. The topological polar surface area (TPSA) is 65.8 Å². The largest absolute Gasteiger partial charge is 0.416 e. The molecule has 1 aromatic carbocycles. The van der Waals surface area contributed by atoms with E-state index in [4.69, 9.17) is 4.98 Å². The number of piperazine rings is 1. The number of rotatable bonds is 5. The number of hydrogen-bond acceptors (Lipinski definition) is 5. The molecule has 3 heterocycles. The summed E-state index contributed by atoms with van der Waals surface area (Å²) in [5.74, 6) is 0.805. The summed E-state index contributed by atoms with van der Waals surface area (Å²) < 4.78 is 41.1. The van der Waals surface area contributed by atoms with E-state index in [1.807, 2.05) is 27.6 Å². The monoisotopic (exact) mass is 482 g/mol. The minimum atomic E-state index is -4.38. The van der Waals surface area contributed by atoms with Gasteiger partial charge in [-0.2, -0.15) is 13.2 Å². The number of hydrogen-bond donors (Lipinski definition) is 1. The molecule has 1 fully saturated rings. The second-order valence-corrected chi connectivity index (χ2v) is 8.57. The van der Waals surface area contributed by atoms with Crippen molar-refractivity contribution in [3.63, 3.8) is 0 Å². The van der Waals surface area contributed by atoms with Gasteiger partial charge in [-0.15, -0.1) is 0 Å². The molecule has 182 valence electrons. The number of benzene rings is 1. The fourth-order valence-corrected chi connectivity index (χ4v) is 4.51. The summed E-state index contributed by atoms with van der Waals surface area (Å²) in [6.45, 7) is 1.92. The van der Waals surface area contributed by atoms with Crippen LogP contribution in [0.3, 0.4) is 0 Å². The molecule has 0 spiro atoms. The predicted molar refractivity (Wildman–Crippen MR) is 127 cm³/mol. The van der Waals surface area contributed by atoms with Gasteiger partial charge < -0.3 is 15.1 Å². The van der Waals surface area contributed by atoms with Crippen LogP contribution in [0.4, 0.5) is 24.7 Å². The first kappa shape index (κ1) is 22.9. The quantitative estimate of drug-likeness (QED) is 0.593. The van der Waals surface area contributed by atoms with E-state index >= 15 is 0 Å². The lowest BCUT2D eigenvalue weighted by Gasteiger charge is -2.36. The van der Waals surface area contributed by atoms with Crippen molar-refractivity contribution in [2.75, 3.05) is 42.9 Å². The fraction of sp³-hybridized carbons (Fsp3) is 0.320. The Morgan fingerprint density at radius 1 is 1.14 bits per heavy atom. The second-order valence-electron chi connectivity index (χ2n) is 8.57. The van der Waals surface area contributed by atoms with Crippen molar-refractivity contribution in [3.05, 3.63) is 78.4 Å². The van der Waals surface area contributed by atoms with Crippen LogP contribution in [0.2, 0.25) is 0 Å². The molecule has 1 N–H and O–H groups in total. The number of carbonyl (C=O) groups excluding carboxylic acids is 1. The normalized spacial score (nSPS) is 18.3. The highest BCUT2D eigenvalue weighted by Crippen LogP contribution is 2.32. The van der Waals surface area contributed by atoms with Crippen LogP contribution in [0.25, 0.3) is 5.65 Å². The van der Waals surface area contributed by atoms with Crippen molar-refractivity contribution in [3.8, 4) is 0 Å². The number of nitrogens with zero attached hydrogens (tertiary/aromatic N) is 5. The number of carbonyl (C=O) groups is 1. The van der Waals surface area contributed by atoms with E-state index < -0.39 is 11.7 Å². The highest BCUT2D eigenvalue weighted by atomic mass is 19.4. The Morgan fingerprint density at radius 2 is 1.97 bits per heavy atom. The van der Waals surface area contributed by atoms with Crippen LogP contribution in [0.1, 0.15) is 23.6 Å². The zero-order chi connectivity index (χ0) is 24.4. The van der Waals surface area contributed by atoms with Crippen LogP contribution >= 0.6 is 0 Å². The summed E-state index contributed by atoms with van der Waals surface area (Å²) in [4.78, 5) is 25.5. The van der Waals surface area contributed by atoms with E-state index in [-0.39, 0.29) is 18.4 Å². The lowest BCUT2D eigenvalue weighted by Crippen LogP contribution is -2.50. The van der Waals surface area contributed by atoms with Crippen LogP contribution in [0, 0.1) is 0 Å². The molecule has 1 aliphatic heterocycles. The van der Waals surface area contributed by atoms with Crippen molar-refractivity contribution in [1.82, 2.24) is 19.3 Å². The number of allylic oxidation sites excluding steroid dienone is 4. The summed E-state index contributed by atoms with van der Waals surface area (Å²) in [7, 11) is 0. The first-order chi connectivity index (χ1) is 16.9. The molecule has 1 atom stereocenters. The number of alkyl halides is 3.